The maximum absolute atomic E-state index is 11.4. The number of aliphatic hydroxyl groups is 1. The van der Waals surface area contributed by atoms with Crippen molar-refractivity contribution < 1.29 is 52.4 Å². The second kappa shape index (κ2) is 12.6. The summed E-state index contributed by atoms with van der Waals surface area (Å²) in [6, 6.07) is 0. The van der Waals surface area contributed by atoms with Gasteiger partial charge in [0, 0.05) is 12.6 Å². The molecule has 0 heterocycles. The average Bonchev–Trinajstić information content (AvgIpc) is 2.26. The van der Waals surface area contributed by atoms with Crippen molar-refractivity contribution in [1.29, 1.82) is 0 Å². The monoisotopic (exact) mass is 329 g/mol. The van der Waals surface area contributed by atoms with Gasteiger partial charge in [-0.25, -0.2) is 8.42 Å². The molecule has 0 aromatic carbocycles. The molecule has 0 spiro atoms. The predicted molar refractivity (Wildman–Crippen MR) is 76.1 cm³/mol. The van der Waals surface area contributed by atoms with E-state index in [2.05, 4.69) is 5.32 Å². The Labute approximate surface area is 149 Å². The third kappa shape index (κ3) is 18.0. The van der Waals surface area contributed by atoms with Gasteiger partial charge < -0.3 is 15.0 Å². The van der Waals surface area contributed by atoms with Crippen LogP contribution in [-0.4, -0.2) is 42.4 Å². The fourth-order valence-electron chi connectivity index (χ4n) is 1.67. The summed E-state index contributed by atoms with van der Waals surface area (Å²) in [6.07, 6.45) is 5.61. The standard InChI is InChI=1S/C13H25NO5S.Na/c1-11(6-4-3-5-7-12(2)15)10-13(16)14-8-9-20(17,18)19;/h10,12,15H,3-9H2,1-2H3,(H,14,16)(H,17,18,19);/q;+1/p-1/b11-10-;/t12-;/m0./s1. The molecule has 0 aromatic heterocycles. The van der Waals surface area contributed by atoms with Gasteiger partial charge in [0.2, 0.25) is 5.91 Å². The molecule has 2 N–H and O–H groups in total. The van der Waals surface area contributed by atoms with Crippen LogP contribution in [0.4, 0.5) is 0 Å². The minimum absolute atomic E-state index is 0. The first-order valence-corrected chi connectivity index (χ1v) is 8.35. The molecule has 0 aromatic rings. The number of hydrogen-bond donors (Lipinski definition) is 2. The normalized spacial score (nSPS) is 13.4. The van der Waals surface area contributed by atoms with Crippen LogP contribution in [0.25, 0.3) is 0 Å². The molecule has 0 bridgehead atoms. The second-order valence-corrected chi connectivity index (χ2v) is 6.52. The molecule has 8 heteroatoms. The molecule has 0 saturated carbocycles. The molecule has 0 saturated heterocycles. The van der Waals surface area contributed by atoms with E-state index >= 15 is 0 Å². The largest absolute Gasteiger partial charge is 1.00 e. The summed E-state index contributed by atoms with van der Waals surface area (Å²) in [7, 11) is -4.28. The minimum atomic E-state index is -4.28. The molecule has 21 heavy (non-hydrogen) atoms. The zero-order valence-corrected chi connectivity index (χ0v) is 15.9. The van der Waals surface area contributed by atoms with Crippen LogP contribution in [0.1, 0.15) is 46.0 Å². The summed E-state index contributed by atoms with van der Waals surface area (Å²) in [5.41, 5.74) is 0.907. The van der Waals surface area contributed by atoms with Crippen LogP contribution in [0.2, 0.25) is 0 Å². The fourth-order valence-corrected chi connectivity index (χ4v) is 2.02. The van der Waals surface area contributed by atoms with Crippen molar-refractivity contribution in [2.24, 2.45) is 0 Å². The molecular formula is C13H24NNaO5S. The Morgan fingerprint density at radius 1 is 1.33 bits per heavy atom. The van der Waals surface area contributed by atoms with Crippen molar-refractivity contribution >= 4 is 16.0 Å². The van der Waals surface area contributed by atoms with E-state index in [0.717, 1.165) is 37.7 Å². The number of aliphatic hydroxyl groups excluding tert-OH is 1. The van der Waals surface area contributed by atoms with E-state index in [9.17, 15) is 17.8 Å². The Hall–Kier alpha value is 0.0800. The van der Waals surface area contributed by atoms with Gasteiger partial charge in [-0.2, -0.15) is 0 Å². The SMILES string of the molecule is C/C(=C/C(=O)NCCS(=O)(=O)[O-])CCCCC[C@H](C)O.[Na+]. The van der Waals surface area contributed by atoms with Gasteiger partial charge in [-0.15, -0.1) is 0 Å². The number of unbranched alkanes of at least 4 members (excludes halogenated alkanes) is 2. The van der Waals surface area contributed by atoms with Gasteiger partial charge in [0.15, 0.2) is 0 Å². The van der Waals surface area contributed by atoms with Gasteiger partial charge in [0.25, 0.3) is 0 Å². The number of allylic oxidation sites excluding steroid dienone is 1. The Bertz CT molecular complexity index is 420. The summed E-state index contributed by atoms with van der Waals surface area (Å²) >= 11 is 0. The molecule has 118 valence electrons. The van der Waals surface area contributed by atoms with Crippen LogP contribution in [-0.2, 0) is 14.9 Å². The molecule has 0 aliphatic heterocycles. The van der Waals surface area contributed by atoms with Crippen LogP contribution >= 0.6 is 0 Å². The number of carbonyl (C=O) groups is 1. The van der Waals surface area contributed by atoms with Crippen LogP contribution in [0.3, 0.4) is 0 Å². The Balaban J connectivity index is 0. The number of rotatable bonds is 10. The van der Waals surface area contributed by atoms with Gasteiger partial charge in [-0.3, -0.25) is 4.79 Å². The van der Waals surface area contributed by atoms with Crippen LogP contribution in [0.15, 0.2) is 11.6 Å². The quantitative estimate of drug-likeness (QED) is 0.207. The fraction of sp³-hybridized carbons (Fsp3) is 0.769. The maximum Gasteiger partial charge on any atom is 1.00 e. The van der Waals surface area contributed by atoms with Crippen molar-refractivity contribution in [3.63, 3.8) is 0 Å². The third-order valence-electron chi connectivity index (χ3n) is 2.72. The van der Waals surface area contributed by atoms with Gasteiger partial charge in [0.05, 0.1) is 22.0 Å². The van der Waals surface area contributed by atoms with E-state index in [4.69, 9.17) is 5.11 Å². The van der Waals surface area contributed by atoms with Crippen LogP contribution in [0, 0.1) is 0 Å². The molecule has 0 fully saturated rings. The van der Waals surface area contributed by atoms with E-state index in [1.54, 1.807) is 6.92 Å². The molecule has 0 aliphatic carbocycles. The molecule has 1 amide bonds. The first kappa shape index (κ1) is 23.3. The summed E-state index contributed by atoms with van der Waals surface area (Å²) in [5.74, 6) is -0.972. The maximum atomic E-state index is 11.4. The average molecular weight is 329 g/mol. The summed E-state index contributed by atoms with van der Waals surface area (Å²) in [5, 5.41) is 11.4. The van der Waals surface area contributed by atoms with Crippen molar-refractivity contribution in [1.82, 2.24) is 5.32 Å². The Morgan fingerprint density at radius 2 is 1.95 bits per heavy atom. The summed E-state index contributed by atoms with van der Waals surface area (Å²) < 4.78 is 31.0. The van der Waals surface area contributed by atoms with Gasteiger partial charge in [0.1, 0.15) is 0 Å². The summed E-state index contributed by atoms with van der Waals surface area (Å²) in [6.45, 7) is 3.43. The van der Waals surface area contributed by atoms with Crippen LogP contribution in [0.5, 0.6) is 0 Å². The van der Waals surface area contributed by atoms with E-state index in [1.807, 2.05) is 6.92 Å². The minimum Gasteiger partial charge on any atom is -0.748 e. The Morgan fingerprint density at radius 3 is 2.48 bits per heavy atom. The van der Waals surface area contributed by atoms with Crippen LogP contribution < -0.4 is 34.9 Å². The number of carbonyl (C=O) groups excluding carboxylic acids is 1. The molecular weight excluding hydrogens is 305 g/mol. The molecule has 6 nitrogen and oxygen atoms in total. The van der Waals surface area contributed by atoms with Crippen molar-refractivity contribution in [2.45, 2.75) is 52.1 Å². The second-order valence-electron chi connectivity index (χ2n) is 4.99. The molecule has 0 unspecified atom stereocenters. The number of hydrogen-bond acceptors (Lipinski definition) is 5. The van der Waals surface area contributed by atoms with Crippen molar-refractivity contribution in [2.75, 3.05) is 12.3 Å². The molecule has 1 atom stereocenters. The molecule has 0 rings (SSSR count). The van der Waals surface area contributed by atoms with Gasteiger partial charge in [-0.1, -0.05) is 18.4 Å². The topological polar surface area (TPSA) is 107 Å². The first-order valence-electron chi connectivity index (χ1n) is 6.77. The summed E-state index contributed by atoms with van der Waals surface area (Å²) in [4.78, 5) is 11.4. The first-order chi connectivity index (χ1) is 9.20. The number of nitrogens with one attached hydrogen (secondary N) is 1. The van der Waals surface area contributed by atoms with Gasteiger partial charge >= 0.3 is 29.6 Å². The smallest absolute Gasteiger partial charge is 0.748 e. The van der Waals surface area contributed by atoms with E-state index in [1.165, 1.54) is 6.08 Å². The number of amides is 1. The van der Waals surface area contributed by atoms with Crippen molar-refractivity contribution in [3.05, 3.63) is 11.6 Å². The van der Waals surface area contributed by atoms with Crippen molar-refractivity contribution in [3.8, 4) is 0 Å². The Kier molecular flexibility index (Phi) is 14.0. The predicted octanol–water partition coefficient (Wildman–Crippen LogP) is -2.07. The molecule has 0 radical (unpaired) electrons. The van der Waals surface area contributed by atoms with E-state index in [-0.39, 0.29) is 48.1 Å². The molecule has 0 aliphatic rings. The third-order valence-corrected chi connectivity index (χ3v) is 3.43. The zero-order chi connectivity index (χ0) is 15.6. The van der Waals surface area contributed by atoms with E-state index in [0.29, 0.717) is 0 Å². The zero-order valence-electron chi connectivity index (χ0n) is 13.1. The van der Waals surface area contributed by atoms with E-state index < -0.39 is 15.9 Å². The van der Waals surface area contributed by atoms with Gasteiger partial charge in [-0.05, 0) is 33.1 Å².